The summed E-state index contributed by atoms with van der Waals surface area (Å²) in [7, 11) is 2.06. The van der Waals surface area contributed by atoms with Crippen molar-refractivity contribution in [3.05, 3.63) is 11.3 Å². The van der Waals surface area contributed by atoms with E-state index in [0.717, 1.165) is 25.3 Å². The van der Waals surface area contributed by atoms with Crippen LogP contribution in [0.1, 0.15) is 52.3 Å². The highest BCUT2D eigenvalue weighted by Gasteiger charge is 2.19. The first-order valence-electron chi connectivity index (χ1n) is 7.91. The molecule has 0 saturated heterocycles. The van der Waals surface area contributed by atoms with E-state index in [0.29, 0.717) is 12.0 Å². The highest BCUT2D eigenvalue weighted by Crippen LogP contribution is 2.24. The molecule has 116 valence electrons. The molecule has 0 bridgehead atoms. The van der Waals surface area contributed by atoms with Crippen LogP contribution in [0.15, 0.2) is 0 Å². The molecule has 0 saturated carbocycles. The molecule has 0 aliphatic carbocycles. The number of hydrogen-bond donors (Lipinski definition) is 1. The van der Waals surface area contributed by atoms with Gasteiger partial charge < -0.3 is 10.2 Å². The van der Waals surface area contributed by atoms with Gasteiger partial charge in [0.1, 0.15) is 5.82 Å². The Kier molecular flexibility index (Phi) is 6.53. The van der Waals surface area contributed by atoms with Gasteiger partial charge in [-0.05, 0) is 19.8 Å². The van der Waals surface area contributed by atoms with Gasteiger partial charge in [-0.3, -0.25) is 4.68 Å². The molecule has 0 amide bonds. The number of aryl methyl sites for hydroxylation is 2. The van der Waals surface area contributed by atoms with Crippen LogP contribution in [0.25, 0.3) is 0 Å². The molecule has 0 aliphatic heterocycles. The van der Waals surface area contributed by atoms with Crippen LogP contribution in [0.2, 0.25) is 0 Å². The lowest BCUT2D eigenvalue weighted by Crippen LogP contribution is -2.31. The smallest absolute Gasteiger partial charge is 0.131 e. The lowest BCUT2D eigenvalue weighted by molar-refractivity contribution is 0.535. The van der Waals surface area contributed by atoms with E-state index < -0.39 is 0 Å². The molecular weight excluding hydrogens is 248 g/mol. The van der Waals surface area contributed by atoms with Crippen molar-refractivity contribution in [3.8, 4) is 0 Å². The molecule has 0 aliphatic rings. The van der Waals surface area contributed by atoms with Gasteiger partial charge >= 0.3 is 0 Å². The molecule has 1 aromatic heterocycles. The molecule has 4 heteroatoms. The summed E-state index contributed by atoms with van der Waals surface area (Å²) >= 11 is 0. The van der Waals surface area contributed by atoms with Crippen molar-refractivity contribution in [2.45, 2.75) is 60.5 Å². The van der Waals surface area contributed by atoms with Crippen LogP contribution in [0, 0.1) is 12.8 Å². The lowest BCUT2D eigenvalue weighted by atomic mass is 10.1. The minimum atomic E-state index is 0.493. The summed E-state index contributed by atoms with van der Waals surface area (Å²) in [6.45, 7) is 16.3. The van der Waals surface area contributed by atoms with Crippen molar-refractivity contribution in [1.82, 2.24) is 15.1 Å². The fourth-order valence-corrected chi connectivity index (χ4v) is 2.47. The molecular formula is C16H32N4. The van der Waals surface area contributed by atoms with Gasteiger partial charge in [0.05, 0.1) is 5.69 Å². The topological polar surface area (TPSA) is 33.1 Å². The number of rotatable bonds is 8. The minimum absolute atomic E-state index is 0.493. The quantitative estimate of drug-likeness (QED) is 0.794. The van der Waals surface area contributed by atoms with Crippen LogP contribution in [0.5, 0.6) is 0 Å². The number of aromatic nitrogens is 2. The van der Waals surface area contributed by atoms with E-state index in [1.807, 2.05) is 4.68 Å². The Bertz CT molecular complexity index is 409. The third-order valence-electron chi connectivity index (χ3n) is 3.91. The summed E-state index contributed by atoms with van der Waals surface area (Å²) in [5.41, 5.74) is 2.48. The van der Waals surface area contributed by atoms with E-state index in [-0.39, 0.29) is 0 Å². The predicted molar refractivity (Wildman–Crippen MR) is 87.3 cm³/mol. The molecule has 0 fully saturated rings. The Balaban J connectivity index is 3.00. The number of anilines is 1. The van der Waals surface area contributed by atoms with Crippen molar-refractivity contribution in [3.63, 3.8) is 0 Å². The third kappa shape index (κ3) is 4.23. The second-order valence-corrected chi connectivity index (χ2v) is 6.10. The summed E-state index contributed by atoms with van der Waals surface area (Å²) in [5, 5.41) is 8.15. The summed E-state index contributed by atoms with van der Waals surface area (Å²) in [5.74, 6) is 1.98. The predicted octanol–water partition coefficient (Wildman–Crippen LogP) is 3.10. The minimum Gasteiger partial charge on any atom is -0.357 e. The van der Waals surface area contributed by atoms with Crippen molar-refractivity contribution >= 4 is 5.82 Å². The Morgan fingerprint density at radius 2 is 1.90 bits per heavy atom. The van der Waals surface area contributed by atoms with Crippen LogP contribution < -0.4 is 10.2 Å². The summed E-state index contributed by atoms with van der Waals surface area (Å²) < 4.78 is 2.04. The van der Waals surface area contributed by atoms with E-state index in [4.69, 9.17) is 0 Å². The van der Waals surface area contributed by atoms with Gasteiger partial charge in [-0.2, -0.15) is 5.10 Å². The van der Waals surface area contributed by atoms with Crippen LogP contribution >= 0.6 is 0 Å². The molecule has 1 rings (SSSR count). The maximum atomic E-state index is 4.63. The fraction of sp³-hybridized carbons (Fsp3) is 0.812. The number of nitrogens with zero attached hydrogens (tertiary/aromatic N) is 3. The van der Waals surface area contributed by atoms with Crippen LogP contribution in [-0.4, -0.2) is 28.9 Å². The Morgan fingerprint density at radius 1 is 1.25 bits per heavy atom. The Hall–Kier alpha value is -1.03. The van der Waals surface area contributed by atoms with Crippen molar-refractivity contribution in [2.24, 2.45) is 13.0 Å². The zero-order chi connectivity index (χ0) is 15.3. The third-order valence-corrected chi connectivity index (χ3v) is 3.91. The summed E-state index contributed by atoms with van der Waals surface area (Å²) in [6.07, 6.45) is 1.22. The molecule has 4 nitrogen and oxygen atoms in total. The standard InChI is InChI=1S/C16H32N4/c1-8-13(5)11-20(9-2)16-15(10-17-12(3)4)14(6)18-19(16)7/h12-13,17H,8-11H2,1-7H3. The van der Waals surface area contributed by atoms with E-state index in [1.54, 1.807) is 0 Å². The van der Waals surface area contributed by atoms with E-state index in [2.05, 4.69) is 63.9 Å². The van der Waals surface area contributed by atoms with Gasteiger partial charge in [-0.1, -0.05) is 34.1 Å². The number of hydrogen-bond acceptors (Lipinski definition) is 3. The molecule has 0 aromatic carbocycles. The zero-order valence-electron chi connectivity index (χ0n) is 14.3. The Labute approximate surface area is 124 Å². The first-order chi connectivity index (χ1) is 9.40. The molecule has 0 radical (unpaired) electrons. The van der Waals surface area contributed by atoms with Gasteiger partial charge in [0.25, 0.3) is 0 Å². The van der Waals surface area contributed by atoms with Crippen LogP contribution in [-0.2, 0) is 13.6 Å². The lowest BCUT2D eigenvalue weighted by Gasteiger charge is -2.27. The van der Waals surface area contributed by atoms with E-state index in [1.165, 1.54) is 17.8 Å². The number of nitrogens with one attached hydrogen (secondary N) is 1. The van der Waals surface area contributed by atoms with Crippen molar-refractivity contribution in [2.75, 3.05) is 18.0 Å². The highest BCUT2D eigenvalue weighted by molar-refractivity contribution is 5.50. The monoisotopic (exact) mass is 280 g/mol. The summed E-state index contributed by atoms with van der Waals surface area (Å²) in [4.78, 5) is 2.46. The first kappa shape index (κ1) is 17.0. The van der Waals surface area contributed by atoms with Crippen LogP contribution in [0.4, 0.5) is 5.82 Å². The molecule has 1 aromatic rings. The first-order valence-corrected chi connectivity index (χ1v) is 7.91. The molecule has 1 atom stereocenters. The fourth-order valence-electron chi connectivity index (χ4n) is 2.47. The van der Waals surface area contributed by atoms with Gasteiger partial charge in [-0.25, -0.2) is 0 Å². The summed E-state index contributed by atoms with van der Waals surface area (Å²) in [6, 6.07) is 0.493. The van der Waals surface area contributed by atoms with E-state index in [9.17, 15) is 0 Å². The van der Waals surface area contributed by atoms with Gasteiger partial charge in [0.15, 0.2) is 0 Å². The second kappa shape index (κ2) is 7.67. The van der Waals surface area contributed by atoms with Crippen molar-refractivity contribution in [1.29, 1.82) is 0 Å². The average molecular weight is 280 g/mol. The van der Waals surface area contributed by atoms with Crippen molar-refractivity contribution < 1.29 is 0 Å². The largest absolute Gasteiger partial charge is 0.357 e. The molecule has 0 spiro atoms. The highest BCUT2D eigenvalue weighted by atomic mass is 15.4. The molecule has 1 unspecified atom stereocenters. The SMILES string of the molecule is CCC(C)CN(CC)c1c(CNC(C)C)c(C)nn1C. The molecule has 20 heavy (non-hydrogen) atoms. The average Bonchev–Trinajstić information content (AvgIpc) is 2.67. The maximum absolute atomic E-state index is 4.63. The van der Waals surface area contributed by atoms with E-state index >= 15 is 0 Å². The van der Waals surface area contributed by atoms with Gasteiger partial charge in [0.2, 0.25) is 0 Å². The van der Waals surface area contributed by atoms with Crippen LogP contribution in [0.3, 0.4) is 0 Å². The normalized spacial score (nSPS) is 13.0. The zero-order valence-corrected chi connectivity index (χ0v) is 14.3. The second-order valence-electron chi connectivity index (χ2n) is 6.10. The Morgan fingerprint density at radius 3 is 2.40 bits per heavy atom. The molecule has 1 heterocycles. The van der Waals surface area contributed by atoms with Gasteiger partial charge in [-0.15, -0.1) is 0 Å². The van der Waals surface area contributed by atoms with Gasteiger partial charge in [0, 0.05) is 38.3 Å². The molecule has 1 N–H and O–H groups in total. The maximum Gasteiger partial charge on any atom is 0.131 e.